The second-order valence-corrected chi connectivity index (χ2v) is 5.79. The quantitative estimate of drug-likeness (QED) is 0.888. The number of carbonyl (C=O) groups excluding carboxylic acids is 2. The van der Waals surface area contributed by atoms with E-state index in [1.807, 2.05) is 0 Å². The fourth-order valence-electron chi connectivity index (χ4n) is 2.85. The molecule has 0 spiro atoms. The zero-order valence-electron chi connectivity index (χ0n) is 12.1. The van der Waals surface area contributed by atoms with Crippen LogP contribution in [0.25, 0.3) is 0 Å². The molecule has 0 heterocycles. The molecule has 0 aromatic heterocycles. The van der Waals surface area contributed by atoms with Gasteiger partial charge in [0.15, 0.2) is 0 Å². The maximum atomic E-state index is 12.3. The molecule has 1 aliphatic rings. The highest BCUT2D eigenvalue weighted by Crippen LogP contribution is 2.29. The van der Waals surface area contributed by atoms with E-state index >= 15 is 0 Å². The van der Waals surface area contributed by atoms with Gasteiger partial charge in [-0.2, -0.15) is 0 Å². The van der Waals surface area contributed by atoms with Gasteiger partial charge in [0.05, 0.1) is 0 Å². The third-order valence-electron chi connectivity index (χ3n) is 4.43. The highest BCUT2D eigenvalue weighted by Gasteiger charge is 2.28. The molecular weight excluding hydrogens is 252 g/mol. The molecule has 3 atom stereocenters. The van der Waals surface area contributed by atoms with Gasteiger partial charge in [0.25, 0.3) is 5.91 Å². The van der Waals surface area contributed by atoms with Crippen molar-refractivity contribution in [3.05, 3.63) is 35.4 Å². The Hall–Kier alpha value is -1.84. The molecule has 2 rings (SSSR count). The number of amides is 2. The Kier molecular flexibility index (Phi) is 4.42. The summed E-state index contributed by atoms with van der Waals surface area (Å²) >= 11 is 0. The number of hydrogen-bond donors (Lipinski definition) is 2. The van der Waals surface area contributed by atoms with Crippen LogP contribution in [0.3, 0.4) is 0 Å². The first kappa shape index (κ1) is 14.6. The molecule has 1 aromatic rings. The fourth-order valence-corrected chi connectivity index (χ4v) is 2.85. The zero-order chi connectivity index (χ0) is 14.7. The Morgan fingerprint density at radius 3 is 2.60 bits per heavy atom. The smallest absolute Gasteiger partial charge is 0.251 e. The molecule has 0 saturated heterocycles. The molecule has 108 valence electrons. The van der Waals surface area contributed by atoms with Crippen molar-refractivity contribution in [1.29, 1.82) is 0 Å². The predicted molar refractivity (Wildman–Crippen MR) is 78.4 cm³/mol. The number of carbonyl (C=O) groups is 2. The van der Waals surface area contributed by atoms with Gasteiger partial charge in [-0.1, -0.05) is 32.8 Å². The van der Waals surface area contributed by atoms with Gasteiger partial charge in [0, 0.05) is 17.2 Å². The maximum Gasteiger partial charge on any atom is 0.251 e. The second-order valence-electron chi connectivity index (χ2n) is 5.79. The lowest BCUT2D eigenvalue weighted by molar-refractivity contribution is 0.0891. The van der Waals surface area contributed by atoms with Crippen LogP contribution >= 0.6 is 0 Å². The molecule has 1 aromatic carbocycles. The van der Waals surface area contributed by atoms with Gasteiger partial charge in [-0.15, -0.1) is 0 Å². The lowest BCUT2D eigenvalue weighted by atomic mass is 9.78. The van der Waals surface area contributed by atoms with Crippen LogP contribution in [0, 0.1) is 11.8 Å². The first-order valence-corrected chi connectivity index (χ1v) is 7.19. The van der Waals surface area contributed by atoms with Crippen LogP contribution in [0.15, 0.2) is 24.3 Å². The minimum Gasteiger partial charge on any atom is -0.366 e. The number of nitrogens with two attached hydrogens (primary N) is 1. The van der Waals surface area contributed by atoms with Crippen molar-refractivity contribution in [3.63, 3.8) is 0 Å². The second kappa shape index (κ2) is 6.07. The Bertz CT molecular complexity index is 513. The Labute approximate surface area is 119 Å². The number of nitrogens with one attached hydrogen (secondary N) is 1. The van der Waals surface area contributed by atoms with Crippen molar-refractivity contribution in [2.75, 3.05) is 0 Å². The molecule has 0 bridgehead atoms. The molecule has 1 fully saturated rings. The lowest BCUT2D eigenvalue weighted by Gasteiger charge is -2.34. The Morgan fingerprint density at radius 1 is 1.20 bits per heavy atom. The number of rotatable bonds is 3. The molecule has 3 N–H and O–H groups in total. The van der Waals surface area contributed by atoms with E-state index in [2.05, 4.69) is 19.2 Å². The minimum absolute atomic E-state index is 0.126. The van der Waals surface area contributed by atoms with E-state index < -0.39 is 5.91 Å². The van der Waals surface area contributed by atoms with Gasteiger partial charge in [-0.25, -0.2) is 0 Å². The number of hydrogen-bond acceptors (Lipinski definition) is 2. The van der Waals surface area contributed by atoms with Crippen LogP contribution < -0.4 is 11.1 Å². The van der Waals surface area contributed by atoms with Gasteiger partial charge >= 0.3 is 0 Å². The summed E-state index contributed by atoms with van der Waals surface area (Å²) in [6, 6.07) is 6.77. The monoisotopic (exact) mass is 274 g/mol. The van der Waals surface area contributed by atoms with Crippen LogP contribution in [0.5, 0.6) is 0 Å². The summed E-state index contributed by atoms with van der Waals surface area (Å²) in [6.45, 7) is 4.42. The minimum atomic E-state index is -0.515. The first-order chi connectivity index (χ1) is 9.49. The molecule has 0 radical (unpaired) electrons. The molecular formula is C16H22N2O2. The van der Waals surface area contributed by atoms with Gasteiger partial charge in [0.1, 0.15) is 0 Å². The standard InChI is InChI=1S/C16H22N2O2/c1-10-5-3-8-14(11(10)2)18-16(20)13-7-4-6-12(9-13)15(17)19/h4,6-7,9-11,14H,3,5,8H2,1-2H3,(H2,17,19)(H,18,20)/t10-,11-,14+/m1/s1. The summed E-state index contributed by atoms with van der Waals surface area (Å²) in [4.78, 5) is 23.4. The summed E-state index contributed by atoms with van der Waals surface area (Å²) in [5.74, 6) is 0.469. The van der Waals surface area contributed by atoms with E-state index in [4.69, 9.17) is 5.73 Å². The molecule has 0 aliphatic heterocycles. The van der Waals surface area contributed by atoms with E-state index in [1.54, 1.807) is 24.3 Å². The topological polar surface area (TPSA) is 72.2 Å². The molecule has 20 heavy (non-hydrogen) atoms. The summed E-state index contributed by atoms with van der Waals surface area (Å²) in [5, 5.41) is 3.09. The van der Waals surface area contributed by atoms with E-state index in [9.17, 15) is 9.59 Å². The van der Waals surface area contributed by atoms with Gasteiger partial charge < -0.3 is 11.1 Å². The van der Waals surface area contributed by atoms with Crippen LogP contribution in [-0.4, -0.2) is 17.9 Å². The molecule has 4 nitrogen and oxygen atoms in total. The molecule has 1 aliphatic carbocycles. The number of primary amides is 1. The summed E-state index contributed by atoms with van der Waals surface area (Å²) in [7, 11) is 0. The Morgan fingerprint density at radius 2 is 1.90 bits per heavy atom. The van der Waals surface area contributed by atoms with Gasteiger partial charge in [0.2, 0.25) is 5.91 Å². The highest BCUT2D eigenvalue weighted by atomic mass is 16.2. The lowest BCUT2D eigenvalue weighted by Crippen LogP contribution is -2.43. The molecule has 1 saturated carbocycles. The van der Waals surface area contributed by atoms with E-state index in [0.29, 0.717) is 23.0 Å². The van der Waals surface area contributed by atoms with Crippen molar-refractivity contribution in [2.24, 2.45) is 17.6 Å². The van der Waals surface area contributed by atoms with E-state index in [1.165, 1.54) is 6.42 Å². The van der Waals surface area contributed by atoms with E-state index in [0.717, 1.165) is 12.8 Å². The van der Waals surface area contributed by atoms with Crippen LogP contribution in [0.4, 0.5) is 0 Å². The summed E-state index contributed by atoms with van der Waals surface area (Å²) in [5.41, 5.74) is 6.09. The average molecular weight is 274 g/mol. The van der Waals surface area contributed by atoms with Crippen molar-refractivity contribution < 1.29 is 9.59 Å². The maximum absolute atomic E-state index is 12.3. The van der Waals surface area contributed by atoms with Crippen molar-refractivity contribution in [3.8, 4) is 0 Å². The van der Waals surface area contributed by atoms with Crippen molar-refractivity contribution in [2.45, 2.75) is 39.2 Å². The Balaban J connectivity index is 2.08. The van der Waals surface area contributed by atoms with Crippen LogP contribution in [-0.2, 0) is 0 Å². The normalized spacial score (nSPS) is 26.0. The van der Waals surface area contributed by atoms with E-state index in [-0.39, 0.29) is 11.9 Å². The SMILES string of the molecule is C[C@@H]1[C@H](C)CCC[C@@H]1NC(=O)c1cccc(C(N)=O)c1. The first-order valence-electron chi connectivity index (χ1n) is 7.19. The highest BCUT2D eigenvalue weighted by molar-refractivity contribution is 5.99. The molecule has 4 heteroatoms. The third-order valence-corrected chi connectivity index (χ3v) is 4.43. The predicted octanol–water partition coefficient (Wildman–Crippen LogP) is 2.34. The van der Waals surface area contributed by atoms with Crippen molar-refractivity contribution >= 4 is 11.8 Å². The summed E-state index contributed by atoms with van der Waals surface area (Å²) in [6.07, 6.45) is 3.40. The number of benzene rings is 1. The van der Waals surface area contributed by atoms with Gasteiger partial charge in [-0.3, -0.25) is 9.59 Å². The molecule has 0 unspecified atom stereocenters. The largest absolute Gasteiger partial charge is 0.366 e. The average Bonchev–Trinajstić information content (AvgIpc) is 2.44. The third kappa shape index (κ3) is 3.18. The molecule has 2 amide bonds. The van der Waals surface area contributed by atoms with Crippen molar-refractivity contribution in [1.82, 2.24) is 5.32 Å². The zero-order valence-corrected chi connectivity index (χ0v) is 12.1. The summed E-state index contributed by atoms with van der Waals surface area (Å²) < 4.78 is 0. The van der Waals surface area contributed by atoms with Crippen LogP contribution in [0.2, 0.25) is 0 Å². The fraction of sp³-hybridized carbons (Fsp3) is 0.500. The van der Waals surface area contributed by atoms with Gasteiger partial charge in [-0.05, 0) is 36.5 Å². The van der Waals surface area contributed by atoms with Crippen LogP contribution in [0.1, 0.15) is 53.8 Å².